The van der Waals surface area contributed by atoms with Gasteiger partial charge in [-0.2, -0.15) is 0 Å². The van der Waals surface area contributed by atoms with Crippen LogP contribution in [0.5, 0.6) is 0 Å². The van der Waals surface area contributed by atoms with Gasteiger partial charge in [0, 0.05) is 16.2 Å². The smallest absolute Gasteiger partial charge is 0.254 e. The largest absolute Gasteiger partial charge is 0.310 e. The quantitative estimate of drug-likeness (QED) is 0.877. The summed E-state index contributed by atoms with van der Waals surface area (Å²) in [5.74, 6) is 1.29. The van der Waals surface area contributed by atoms with E-state index in [-0.39, 0.29) is 5.56 Å². The molecule has 0 saturated heterocycles. The Hall–Kier alpha value is -1.26. The lowest BCUT2D eigenvalue weighted by Gasteiger charge is -2.06. The standard InChI is InChI=1S/C14H15ClN2OS/c1-3-10-9(2)16-13(17-14(10)18)8-19-12-7-5-4-6-11(12)15/h4-7H,3,8H2,1-2H3,(H,16,17,18). The first kappa shape index (κ1) is 14.2. The zero-order chi connectivity index (χ0) is 13.8. The second-order valence-electron chi connectivity index (χ2n) is 4.15. The maximum atomic E-state index is 11.8. The van der Waals surface area contributed by atoms with Crippen LogP contribution in [0.15, 0.2) is 34.0 Å². The molecule has 0 saturated carbocycles. The van der Waals surface area contributed by atoms with Crippen molar-refractivity contribution in [2.75, 3.05) is 0 Å². The topological polar surface area (TPSA) is 45.8 Å². The highest BCUT2D eigenvalue weighted by atomic mass is 35.5. The molecule has 0 amide bonds. The van der Waals surface area contributed by atoms with E-state index >= 15 is 0 Å². The molecular formula is C14H15ClN2OS. The number of nitrogens with zero attached hydrogens (tertiary/aromatic N) is 1. The number of H-pyrrole nitrogens is 1. The summed E-state index contributed by atoms with van der Waals surface area (Å²) in [7, 11) is 0. The van der Waals surface area contributed by atoms with Gasteiger partial charge in [0.1, 0.15) is 5.82 Å². The van der Waals surface area contributed by atoms with E-state index in [9.17, 15) is 4.79 Å². The molecule has 1 N–H and O–H groups in total. The van der Waals surface area contributed by atoms with Crippen molar-refractivity contribution in [2.45, 2.75) is 30.9 Å². The van der Waals surface area contributed by atoms with Crippen LogP contribution in [-0.2, 0) is 12.2 Å². The second kappa shape index (κ2) is 6.26. The molecule has 1 aromatic carbocycles. The van der Waals surface area contributed by atoms with Crippen LogP contribution in [0, 0.1) is 6.92 Å². The Kier molecular flexibility index (Phi) is 4.66. The summed E-state index contributed by atoms with van der Waals surface area (Å²) < 4.78 is 0. The van der Waals surface area contributed by atoms with Crippen LogP contribution in [0.25, 0.3) is 0 Å². The van der Waals surface area contributed by atoms with Crippen LogP contribution in [0.1, 0.15) is 24.0 Å². The predicted molar refractivity (Wildman–Crippen MR) is 80.0 cm³/mol. The molecule has 3 nitrogen and oxygen atoms in total. The second-order valence-corrected chi connectivity index (χ2v) is 5.57. The first-order valence-electron chi connectivity index (χ1n) is 6.07. The Morgan fingerprint density at radius 3 is 2.74 bits per heavy atom. The number of nitrogens with one attached hydrogen (secondary N) is 1. The number of hydrogen-bond acceptors (Lipinski definition) is 3. The van der Waals surface area contributed by atoms with E-state index in [0.29, 0.717) is 18.0 Å². The molecule has 2 rings (SSSR count). The third-order valence-corrected chi connectivity index (χ3v) is 4.35. The number of aromatic nitrogens is 2. The molecule has 0 radical (unpaired) electrons. The molecular weight excluding hydrogens is 280 g/mol. The van der Waals surface area contributed by atoms with Crippen molar-refractivity contribution in [3.05, 3.63) is 56.7 Å². The zero-order valence-electron chi connectivity index (χ0n) is 10.9. The summed E-state index contributed by atoms with van der Waals surface area (Å²) in [6, 6.07) is 7.65. The zero-order valence-corrected chi connectivity index (χ0v) is 12.4. The van der Waals surface area contributed by atoms with Crippen LogP contribution in [0.2, 0.25) is 5.02 Å². The summed E-state index contributed by atoms with van der Waals surface area (Å²) >= 11 is 7.65. The van der Waals surface area contributed by atoms with Crippen molar-refractivity contribution in [1.29, 1.82) is 0 Å². The van der Waals surface area contributed by atoms with Gasteiger partial charge in [-0.15, -0.1) is 11.8 Å². The first-order valence-corrected chi connectivity index (χ1v) is 7.44. The Morgan fingerprint density at radius 2 is 2.11 bits per heavy atom. The summed E-state index contributed by atoms with van der Waals surface area (Å²) in [5, 5.41) is 0.719. The molecule has 19 heavy (non-hydrogen) atoms. The van der Waals surface area contributed by atoms with Crippen molar-refractivity contribution in [2.24, 2.45) is 0 Å². The van der Waals surface area contributed by atoms with Gasteiger partial charge in [-0.25, -0.2) is 4.98 Å². The minimum atomic E-state index is -0.0373. The van der Waals surface area contributed by atoms with Gasteiger partial charge in [-0.3, -0.25) is 4.79 Å². The van der Waals surface area contributed by atoms with Crippen molar-refractivity contribution in [3.8, 4) is 0 Å². The molecule has 0 unspecified atom stereocenters. The van der Waals surface area contributed by atoms with Gasteiger partial charge in [0.05, 0.1) is 10.8 Å². The van der Waals surface area contributed by atoms with E-state index < -0.39 is 0 Å². The lowest BCUT2D eigenvalue weighted by Crippen LogP contribution is -2.18. The predicted octanol–water partition coefficient (Wildman–Crippen LogP) is 3.59. The first-order chi connectivity index (χ1) is 9.11. The van der Waals surface area contributed by atoms with Gasteiger partial charge in [-0.1, -0.05) is 30.7 Å². The third kappa shape index (κ3) is 3.39. The summed E-state index contributed by atoms with van der Waals surface area (Å²) in [6.07, 6.45) is 0.700. The molecule has 0 aliphatic heterocycles. The molecule has 0 bridgehead atoms. The molecule has 0 aliphatic rings. The Morgan fingerprint density at radius 1 is 1.37 bits per heavy atom. The average molecular weight is 295 g/mol. The van der Waals surface area contributed by atoms with Crippen LogP contribution < -0.4 is 5.56 Å². The minimum Gasteiger partial charge on any atom is -0.310 e. The van der Waals surface area contributed by atoms with E-state index in [0.717, 1.165) is 21.2 Å². The van der Waals surface area contributed by atoms with Crippen LogP contribution in [-0.4, -0.2) is 9.97 Å². The highest BCUT2D eigenvalue weighted by Crippen LogP contribution is 2.28. The lowest BCUT2D eigenvalue weighted by atomic mass is 10.2. The maximum Gasteiger partial charge on any atom is 0.254 e. The number of aryl methyl sites for hydroxylation is 1. The van der Waals surface area contributed by atoms with Crippen molar-refractivity contribution in [3.63, 3.8) is 0 Å². The van der Waals surface area contributed by atoms with E-state index in [4.69, 9.17) is 11.6 Å². The molecule has 0 atom stereocenters. The van der Waals surface area contributed by atoms with Gasteiger partial charge >= 0.3 is 0 Å². The fourth-order valence-electron chi connectivity index (χ4n) is 1.86. The van der Waals surface area contributed by atoms with Gasteiger partial charge in [-0.05, 0) is 25.5 Å². The number of hydrogen-bond donors (Lipinski definition) is 1. The molecule has 0 spiro atoms. The fourth-order valence-corrected chi connectivity index (χ4v) is 2.97. The Balaban J connectivity index is 2.17. The molecule has 100 valence electrons. The fraction of sp³-hybridized carbons (Fsp3) is 0.286. The molecule has 1 aromatic heterocycles. The highest BCUT2D eigenvalue weighted by molar-refractivity contribution is 7.98. The number of halogens is 1. The highest BCUT2D eigenvalue weighted by Gasteiger charge is 2.07. The van der Waals surface area contributed by atoms with E-state index in [1.807, 2.05) is 38.1 Å². The molecule has 0 fully saturated rings. The van der Waals surface area contributed by atoms with Crippen molar-refractivity contribution < 1.29 is 0 Å². The van der Waals surface area contributed by atoms with Gasteiger partial charge < -0.3 is 4.98 Å². The monoisotopic (exact) mass is 294 g/mol. The minimum absolute atomic E-state index is 0.0373. The summed E-state index contributed by atoms with van der Waals surface area (Å²) in [6.45, 7) is 3.83. The Bertz CT molecular complexity index is 640. The van der Waals surface area contributed by atoms with E-state index in [1.165, 1.54) is 0 Å². The van der Waals surface area contributed by atoms with Gasteiger partial charge in [0.25, 0.3) is 5.56 Å². The average Bonchev–Trinajstić information content (AvgIpc) is 2.37. The molecule has 5 heteroatoms. The third-order valence-electron chi connectivity index (χ3n) is 2.83. The SMILES string of the molecule is CCc1c(C)nc(CSc2ccccc2Cl)[nH]c1=O. The van der Waals surface area contributed by atoms with Crippen LogP contribution in [0.3, 0.4) is 0 Å². The van der Waals surface area contributed by atoms with Gasteiger partial charge in [0.2, 0.25) is 0 Å². The van der Waals surface area contributed by atoms with Crippen molar-refractivity contribution in [1.82, 2.24) is 9.97 Å². The lowest BCUT2D eigenvalue weighted by molar-refractivity contribution is 0.907. The van der Waals surface area contributed by atoms with Crippen LogP contribution in [0.4, 0.5) is 0 Å². The number of aromatic amines is 1. The van der Waals surface area contributed by atoms with E-state index in [2.05, 4.69) is 9.97 Å². The maximum absolute atomic E-state index is 11.8. The van der Waals surface area contributed by atoms with Crippen molar-refractivity contribution >= 4 is 23.4 Å². The number of rotatable bonds is 4. The molecule has 1 heterocycles. The van der Waals surface area contributed by atoms with Crippen LogP contribution >= 0.6 is 23.4 Å². The normalized spacial score (nSPS) is 10.7. The Labute approximate surface area is 121 Å². The van der Waals surface area contributed by atoms with Gasteiger partial charge in [0.15, 0.2) is 0 Å². The number of benzene rings is 1. The van der Waals surface area contributed by atoms with E-state index in [1.54, 1.807) is 11.8 Å². The molecule has 2 aromatic rings. The summed E-state index contributed by atoms with van der Waals surface area (Å²) in [4.78, 5) is 20.1. The number of thioether (sulfide) groups is 1. The summed E-state index contributed by atoms with van der Waals surface area (Å²) in [5.41, 5.74) is 1.53. The molecule has 0 aliphatic carbocycles.